The minimum absolute atomic E-state index is 0.0697. The predicted octanol–water partition coefficient (Wildman–Crippen LogP) is 4.28. The fourth-order valence-electron chi connectivity index (χ4n) is 4.24. The number of nitriles is 1. The van der Waals surface area contributed by atoms with Crippen LogP contribution in [-0.2, 0) is 35.2 Å². The zero-order chi connectivity index (χ0) is 29.8. The Kier molecular flexibility index (Phi) is 11.7. The van der Waals surface area contributed by atoms with Gasteiger partial charge in [-0.15, -0.1) is 0 Å². The van der Waals surface area contributed by atoms with Crippen LogP contribution >= 0.6 is 12.2 Å². The zero-order valence-electron chi connectivity index (χ0n) is 22.9. The number of halogens is 3. The van der Waals surface area contributed by atoms with E-state index in [4.69, 9.17) is 22.2 Å². The van der Waals surface area contributed by atoms with Gasteiger partial charge in [-0.1, -0.05) is 37.3 Å². The van der Waals surface area contributed by atoms with Crippen LogP contribution in [0.15, 0.2) is 61.1 Å². The second-order valence-corrected chi connectivity index (χ2v) is 9.82. The number of imidazole rings is 1. The summed E-state index contributed by atoms with van der Waals surface area (Å²) in [5, 5.41) is 15.3. The van der Waals surface area contributed by atoms with Gasteiger partial charge in [-0.2, -0.15) is 18.4 Å². The van der Waals surface area contributed by atoms with Gasteiger partial charge in [0.25, 0.3) is 0 Å². The molecule has 12 heteroatoms. The highest BCUT2D eigenvalue weighted by atomic mass is 32.1. The van der Waals surface area contributed by atoms with Crippen molar-refractivity contribution in [2.75, 3.05) is 26.8 Å². The second-order valence-electron chi connectivity index (χ2n) is 9.43. The van der Waals surface area contributed by atoms with Gasteiger partial charge in [-0.3, -0.25) is 4.79 Å². The third-order valence-electron chi connectivity index (χ3n) is 6.43. The Morgan fingerprint density at radius 1 is 1.22 bits per heavy atom. The summed E-state index contributed by atoms with van der Waals surface area (Å²) in [5.41, 5.74) is 1.59. The van der Waals surface area contributed by atoms with Crippen molar-refractivity contribution in [3.05, 3.63) is 89.0 Å². The largest absolute Gasteiger partial charge is 0.416 e. The first kappa shape index (κ1) is 31.6. The molecule has 3 aromatic rings. The van der Waals surface area contributed by atoms with Crippen LogP contribution in [0.2, 0.25) is 0 Å². The number of hydrogen-bond donors (Lipinski definition) is 2. The molecule has 0 saturated heterocycles. The summed E-state index contributed by atoms with van der Waals surface area (Å²) in [6.45, 7) is 3.26. The third-order valence-corrected chi connectivity index (χ3v) is 6.83. The minimum Gasteiger partial charge on any atom is -0.383 e. The van der Waals surface area contributed by atoms with Gasteiger partial charge in [0, 0.05) is 51.2 Å². The molecule has 1 atom stereocenters. The lowest BCUT2D eigenvalue weighted by Gasteiger charge is -2.31. The van der Waals surface area contributed by atoms with E-state index in [1.165, 1.54) is 12.1 Å². The van der Waals surface area contributed by atoms with E-state index >= 15 is 0 Å². The van der Waals surface area contributed by atoms with Crippen molar-refractivity contribution in [2.45, 2.75) is 45.1 Å². The Morgan fingerprint density at radius 3 is 2.61 bits per heavy atom. The van der Waals surface area contributed by atoms with E-state index < -0.39 is 11.7 Å². The van der Waals surface area contributed by atoms with Crippen LogP contribution in [0.25, 0.3) is 0 Å². The van der Waals surface area contributed by atoms with E-state index in [0.717, 1.165) is 11.6 Å². The van der Waals surface area contributed by atoms with E-state index in [-0.39, 0.29) is 42.1 Å². The van der Waals surface area contributed by atoms with E-state index in [2.05, 4.69) is 21.7 Å². The van der Waals surface area contributed by atoms with E-state index in [1.54, 1.807) is 42.7 Å². The number of nitrogens with zero attached hydrogens (tertiary/aromatic N) is 4. The summed E-state index contributed by atoms with van der Waals surface area (Å²) in [6, 6.07) is 14.3. The van der Waals surface area contributed by atoms with Crippen LogP contribution in [0.3, 0.4) is 0 Å². The second kappa shape index (κ2) is 15.2. The molecule has 0 fully saturated rings. The Hall–Kier alpha value is -3.95. The van der Waals surface area contributed by atoms with Gasteiger partial charge in [0.15, 0.2) is 5.11 Å². The number of alkyl halides is 3. The van der Waals surface area contributed by atoms with Crippen LogP contribution in [0.4, 0.5) is 13.2 Å². The highest BCUT2D eigenvalue weighted by Gasteiger charge is 2.33. The first-order chi connectivity index (χ1) is 19.6. The first-order valence-electron chi connectivity index (χ1n) is 13.1. The number of benzene rings is 2. The van der Waals surface area contributed by atoms with Gasteiger partial charge < -0.3 is 24.8 Å². The molecule has 0 unspecified atom stereocenters. The molecule has 8 nitrogen and oxygen atoms in total. The number of carbonyl (C=O) groups is 1. The maximum atomic E-state index is 13.7. The Morgan fingerprint density at radius 2 is 1.95 bits per heavy atom. The Labute approximate surface area is 243 Å². The topological polar surface area (TPSA) is 95.2 Å². The first-order valence-corrected chi connectivity index (χ1v) is 13.5. The number of thiocarbonyl (C=S) groups is 1. The number of aromatic nitrogens is 2. The van der Waals surface area contributed by atoms with Crippen molar-refractivity contribution in [3.8, 4) is 6.07 Å². The van der Waals surface area contributed by atoms with E-state index in [9.17, 15) is 18.0 Å². The molecule has 0 aliphatic carbocycles. The lowest BCUT2D eigenvalue weighted by atomic mass is 10.1. The Bertz CT molecular complexity index is 1340. The lowest BCUT2D eigenvalue weighted by Crippen LogP contribution is -2.49. The van der Waals surface area contributed by atoms with E-state index in [0.29, 0.717) is 37.4 Å². The molecule has 1 aromatic heterocycles. The minimum atomic E-state index is -4.51. The maximum Gasteiger partial charge on any atom is 0.416 e. The molecule has 0 aliphatic heterocycles. The molecule has 2 aromatic carbocycles. The SMILES string of the molecule is CC[C@@H](CN(Cc1ccccc1C(F)(F)F)C(=S)NCCOC)NC(=O)Cc1cncn1Cc1ccc(C#N)cc1. The normalized spacial score (nSPS) is 11.9. The van der Waals surface area contributed by atoms with Gasteiger partial charge in [0.1, 0.15) is 0 Å². The van der Waals surface area contributed by atoms with Crippen molar-refractivity contribution in [1.82, 2.24) is 25.1 Å². The summed E-state index contributed by atoms with van der Waals surface area (Å²) >= 11 is 5.53. The lowest BCUT2D eigenvalue weighted by molar-refractivity contribution is -0.138. The number of amides is 1. The van der Waals surface area contributed by atoms with Crippen LogP contribution in [-0.4, -0.2) is 58.3 Å². The summed E-state index contributed by atoms with van der Waals surface area (Å²) in [7, 11) is 1.54. The molecular weight excluding hydrogens is 553 g/mol. The number of nitrogens with one attached hydrogen (secondary N) is 2. The third kappa shape index (κ3) is 9.58. The summed E-state index contributed by atoms with van der Waals surface area (Å²) in [4.78, 5) is 18.9. The molecular formula is C29H33F3N6O2S. The average Bonchev–Trinajstić information content (AvgIpc) is 3.38. The molecule has 1 heterocycles. The average molecular weight is 587 g/mol. The van der Waals surface area contributed by atoms with Gasteiger partial charge in [0.05, 0.1) is 36.6 Å². The van der Waals surface area contributed by atoms with Gasteiger partial charge in [0.2, 0.25) is 5.91 Å². The molecule has 0 bridgehead atoms. The number of hydrogen-bond acceptors (Lipinski definition) is 5. The highest BCUT2D eigenvalue weighted by Crippen LogP contribution is 2.32. The highest BCUT2D eigenvalue weighted by molar-refractivity contribution is 7.80. The van der Waals surface area contributed by atoms with Crippen molar-refractivity contribution in [1.29, 1.82) is 5.26 Å². The van der Waals surface area contributed by atoms with Gasteiger partial charge in [-0.05, 0) is 48.0 Å². The van der Waals surface area contributed by atoms with Crippen LogP contribution < -0.4 is 10.6 Å². The summed E-state index contributed by atoms with van der Waals surface area (Å²) < 4.78 is 47.9. The van der Waals surface area contributed by atoms with Crippen molar-refractivity contribution in [3.63, 3.8) is 0 Å². The number of methoxy groups -OCH3 is 1. The molecule has 41 heavy (non-hydrogen) atoms. The standard InChI is InChI=1S/C29H33F3N6O2S/c1-3-24(36-27(39)14-25-16-34-20-38(25)17-22-10-8-21(15-33)9-11-22)19-37(28(41)35-12-13-40-2)18-23-6-4-5-7-26(23)29(30,31)32/h4-11,16,20,24H,3,12-14,17-19H2,1-2H3,(H,35,41)(H,36,39)/t24-/m0/s1. The fraction of sp³-hybridized carbons (Fsp3) is 0.379. The number of carbonyl (C=O) groups excluding carboxylic acids is 1. The van der Waals surface area contributed by atoms with Gasteiger partial charge in [-0.25, -0.2) is 4.98 Å². The van der Waals surface area contributed by atoms with Crippen molar-refractivity contribution >= 4 is 23.2 Å². The molecule has 218 valence electrons. The van der Waals surface area contributed by atoms with E-state index in [1.807, 2.05) is 23.6 Å². The number of rotatable bonds is 13. The quantitative estimate of drug-likeness (QED) is 0.228. The molecule has 2 N–H and O–H groups in total. The molecule has 0 saturated carbocycles. The molecule has 1 amide bonds. The molecule has 0 radical (unpaired) electrons. The molecule has 0 aliphatic rings. The zero-order valence-corrected chi connectivity index (χ0v) is 23.8. The monoisotopic (exact) mass is 586 g/mol. The fourth-order valence-corrected chi connectivity index (χ4v) is 4.48. The molecule has 0 spiro atoms. The van der Waals surface area contributed by atoms with Crippen molar-refractivity contribution < 1.29 is 22.7 Å². The van der Waals surface area contributed by atoms with Crippen LogP contribution in [0.1, 0.15) is 41.3 Å². The number of ether oxygens (including phenoxy) is 1. The predicted molar refractivity (Wildman–Crippen MR) is 153 cm³/mol. The molecule has 3 rings (SSSR count). The summed E-state index contributed by atoms with van der Waals surface area (Å²) in [5.74, 6) is -0.243. The maximum absolute atomic E-state index is 13.7. The van der Waals surface area contributed by atoms with Crippen LogP contribution in [0, 0.1) is 11.3 Å². The Balaban J connectivity index is 1.70. The summed E-state index contributed by atoms with van der Waals surface area (Å²) in [6.07, 6.45) is -0.636. The smallest absolute Gasteiger partial charge is 0.383 e. The van der Waals surface area contributed by atoms with Crippen LogP contribution in [0.5, 0.6) is 0 Å². The van der Waals surface area contributed by atoms with Gasteiger partial charge >= 0.3 is 6.18 Å². The van der Waals surface area contributed by atoms with Crippen molar-refractivity contribution in [2.24, 2.45) is 0 Å².